The van der Waals surface area contributed by atoms with Crippen molar-refractivity contribution in [3.63, 3.8) is 0 Å². The van der Waals surface area contributed by atoms with Crippen LogP contribution in [0.1, 0.15) is 17.4 Å². The maximum absolute atomic E-state index is 13.6. The molecule has 0 bridgehead atoms. The van der Waals surface area contributed by atoms with E-state index in [0.717, 1.165) is 0 Å². The molecular formula is C12H11FN2O2. The Kier molecular flexibility index (Phi) is 3.18. The molecule has 2 aromatic rings. The van der Waals surface area contributed by atoms with Crippen molar-refractivity contribution in [1.82, 2.24) is 9.97 Å². The predicted molar refractivity (Wildman–Crippen MR) is 60.5 cm³/mol. The smallest absolute Gasteiger partial charge is 0.168 e. The topological polar surface area (TPSA) is 55.0 Å². The summed E-state index contributed by atoms with van der Waals surface area (Å²) in [4.78, 5) is 17.4. The first-order valence-corrected chi connectivity index (χ1v) is 5.17. The van der Waals surface area contributed by atoms with Crippen molar-refractivity contribution in [2.24, 2.45) is 0 Å². The molecule has 0 aliphatic heterocycles. The van der Waals surface area contributed by atoms with Crippen molar-refractivity contribution in [3.8, 4) is 17.0 Å². The Hall–Kier alpha value is -2.17. The summed E-state index contributed by atoms with van der Waals surface area (Å²) < 4.78 is 18.7. The van der Waals surface area contributed by atoms with Crippen LogP contribution < -0.4 is 4.74 Å². The monoisotopic (exact) mass is 234 g/mol. The molecular weight excluding hydrogens is 223 g/mol. The third-order valence-corrected chi connectivity index (χ3v) is 2.29. The molecule has 0 unspecified atom stereocenters. The van der Waals surface area contributed by atoms with Gasteiger partial charge >= 0.3 is 0 Å². The molecule has 1 N–H and O–H groups in total. The van der Waals surface area contributed by atoms with Crippen LogP contribution in [0.3, 0.4) is 0 Å². The van der Waals surface area contributed by atoms with Gasteiger partial charge in [0.15, 0.2) is 17.9 Å². The van der Waals surface area contributed by atoms with Crippen LogP contribution in [0.25, 0.3) is 11.3 Å². The van der Waals surface area contributed by atoms with Crippen molar-refractivity contribution < 1.29 is 13.9 Å². The summed E-state index contributed by atoms with van der Waals surface area (Å²) in [6.45, 7) is 2.18. The summed E-state index contributed by atoms with van der Waals surface area (Å²) >= 11 is 0. The molecule has 0 amide bonds. The SMILES string of the molecule is CCOc1ccc(-c2nc[nH]c2C=O)cc1F. The highest BCUT2D eigenvalue weighted by Crippen LogP contribution is 2.25. The van der Waals surface area contributed by atoms with Gasteiger partial charge in [-0.3, -0.25) is 4.79 Å². The minimum atomic E-state index is -0.468. The van der Waals surface area contributed by atoms with Gasteiger partial charge in [0.2, 0.25) is 0 Å². The van der Waals surface area contributed by atoms with Crippen LogP contribution in [0.2, 0.25) is 0 Å². The van der Waals surface area contributed by atoms with Crippen molar-refractivity contribution in [2.45, 2.75) is 6.92 Å². The normalized spacial score (nSPS) is 10.2. The number of rotatable bonds is 4. The van der Waals surface area contributed by atoms with Gasteiger partial charge in [-0.2, -0.15) is 0 Å². The highest BCUT2D eigenvalue weighted by atomic mass is 19.1. The van der Waals surface area contributed by atoms with Gasteiger partial charge in [-0.1, -0.05) is 0 Å². The van der Waals surface area contributed by atoms with Crippen LogP contribution in [0, 0.1) is 5.82 Å². The number of halogens is 1. The number of carbonyl (C=O) groups excluding carboxylic acids is 1. The van der Waals surface area contributed by atoms with Crippen LogP contribution in [0.4, 0.5) is 4.39 Å². The van der Waals surface area contributed by atoms with E-state index in [0.29, 0.717) is 29.8 Å². The van der Waals surface area contributed by atoms with Gasteiger partial charge in [-0.05, 0) is 25.1 Å². The molecule has 0 saturated heterocycles. The Morgan fingerprint density at radius 2 is 2.35 bits per heavy atom. The fourth-order valence-corrected chi connectivity index (χ4v) is 1.54. The fraction of sp³-hybridized carbons (Fsp3) is 0.167. The van der Waals surface area contributed by atoms with E-state index < -0.39 is 5.82 Å². The minimum absolute atomic E-state index is 0.194. The summed E-state index contributed by atoms with van der Waals surface area (Å²) in [5.74, 6) is -0.274. The summed E-state index contributed by atoms with van der Waals surface area (Å²) in [5.41, 5.74) is 1.30. The number of aromatic nitrogens is 2. The number of hydrogen-bond acceptors (Lipinski definition) is 3. The number of H-pyrrole nitrogens is 1. The summed E-state index contributed by atoms with van der Waals surface area (Å²) in [6, 6.07) is 4.49. The number of benzene rings is 1. The molecule has 1 aromatic heterocycles. The van der Waals surface area contributed by atoms with Gasteiger partial charge in [0.1, 0.15) is 5.69 Å². The van der Waals surface area contributed by atoms with Crippen LogP contribution in [0.5, 0.6) is 5.75 Å². The maximum Gasteiger partial charge on any atom is 0.168 e. The molecule has 2 rings (SSSR count). The van der Waals surface area contributed by atoms with E-state index in [1.54, 1.807) is 13.0 Å². The van der Waals surface area contributed by atoms with E-state index in [4.69, 9.17) is 4.74 Å². The molecule has 0 spiro atoms. The minimum Gasteiger partial charge on any atom is -0.491 e. The van der Waals surface area contributed by atoms with Gasteiger partial charge in [0, 0.05) is 5.56 Å². The second-order valence-corrected chi connectivity index (χ2v) is 3.36. The van der Waals surface area contributed by atoms with Crippen LogP contribution in [0.15, 0.2) is 24.5 Å². The number of aldehydes is 1. The first-order chi connectivity index (χ1) is 8.26. The highest BCUT2D eigenvalue weighted by molar-refractivity contribution is 5.83. The van der Waals surface area contributed by atoms with Crippen LogP contribution >= 0.6 is 0 Å². The van der Waals surface area contributed by atoms with E-state index >= 15 is 0 Å². The Morgan fingerprint density at radius 3 is 3.00 bits per heavy atom. The number of nitrogens with zero attached hydrogens (tertiary/aromatic N) is 1. The number of ether oxygens (including phenoxy) is 1. The first kappa shape index (κ1) is 11.3. The van der Waals surface area contributed by atoms with E-state index in [1.165, 1.54) is 18.5 Å². The van der Waals surface area contributed by atoms with Crippen molar-refractivity contribution in [2.75, 3.05) is 6.61 Å². The molecule has 4 nitrogen and oxygen atoms in total. The van der Waals surface area contributed by atoms with Crippen LogP contribution in [-0.4, -0.2) is 22.9 Å². The lowest BCUT2D eigenvalue weighted by atomic mass is 10.1. The van der Waals surface area contributed by atoms with Gasteiger partial charge in [0.25, 0.3) is 0 Å². The predicted octanol–water partition coefficient (Wildman–Crippen LogP) is 2.43. The van der Waals surface area contributed by atoms with Crippen molar-refractivity contribution in [1.29, 1.82) is 0 Å². The first-order valence-electron chi connectivity index (χ1n) is 5.17. The molecule has 1 heterocycles. The quantitative estimate of drug-likeness (QED) is 0.826. The zero-order chi connectivity index (χ0) is 12.3. The molecule has 1 aromatic carbocycles. The fourth-order valence-electron chi connectivity index (χ4n) is 1.54. The lowest BCUT2D eigenvalue weighted by Crippen LogP contribution is -1.95. The molecule has 0 radical (unpaired) electrons. The second kappa shape index (κ2) is 4.78. The molecule has 0 fully saturated rings. The Morgan fingerprint density at radius 1 is 1.53 bits per heavy atom. The number of aromatic amines is 1. The third kappa shape index (κ3) is 2.18. The zero-order valence-electron chi connectivity index (χ0n) is 9.24. The zero-order valence-corrected chi connectivity index (χ0v) is 9.24. The summed E-state index contributed by atoms with van der Waals surface area (Å²) in [5, 5.41) is 0. The summed E-state index contributed by atoms with van der Waals surface area (Å²) in [6.07, 6.45) is 2.05. The van der Waals surface area contributed by atoms with E-state index in [9.17, 15) is 9.18 Å². The maximum atomic E-state index is 13.6. The standard InChI is InChI=1S/C12H11FN2O2/c1-2-17-11-4-3-8(5-9(11)13)12-10(6-16)14-7-15-12/h3-7H,2H2,1H3,(H,14,15). The van der Waals surface area contributed by atoms with E-state index in [1.807, 2.05) is 0 Å². The molecule has 0 saturated carbocycles. The number of nitrogens with one attached hydrogen (secondary N) is 1. The Balaban J connectivity index is 2.41. The molecule has 88 valence electrons. The Labute approximate surface area is 97.5 Å². The highest BCUT2D eigenvalue weighted by Gasteiger charge is 2.10. The molecule has 0 aliphatic rings. The average Bonchev–Trinajstić information content (AvgIpc) is 2.80. The molecule has 0 atom stereocenters. The van der Waals surface area contributed by atoms with Gasteiger partial charge in [-0.15, -0.1) is 0 Å². The number of carbonyl (C=O) groups is 1. The molecule has 0 aliphatic carbocycles. The largest absolute Gasteiger partial charge is 0.491 e. The van der Waals surface area contributed by atoms with Gasteiger partial charge < -0.3 is 9.72 Å². The lowest BCUT2D eigenvalue weighted by molar-refractivity contribution is 0.112. The van der Waals surface area contributed by atoms with Gasteiger partial charge in [0.05, 0.1) is 18.6 Å². The van der Waals surface area contributed by atoms with Crippen molar-refractivity contribution >= 4 is 6.29 Å². The molecule has 5 heteroatoms. The molecule has 17 heavy (non-hydrogen) atoms. The van der Waals surface area contributed by atoms with Gasteiger partial charge in [-0.25, -0.2) is 9.37 Å². The number of hydrogen-bond donors (Lipinski definition) is 1. The lowest BCUT2D eigenvalue weighted by Gasteiger charge is -2.05. The third-order valence-electron chi connectivity index (χ3n) is 2.29. The Bertz CT molecular complexity index is 537. The van der Waals surface area contributed by atoms with E-state index in [2.05, 4.69) is 9.97 Å². The average molecular weight is 234 g/mol. The van der Waals surface area contributed by atoms with E-state index in [-0.39, 0.29) is 5.75 Å². The van der Waals surface area contributed by atoms with Crippen molar-refractivity contribution in [3.05, 3.63) is 36.0 Å². The van der Waals surface area contributed by atoms with Crippen LogP contribution in [-0.2, 0) is 0 Å². The summed E-state index contributed by atoms with van der Waals surface area (Å²) in [7, 11) is 0. The second-order valence-electron chi connectivity index (χ2n) is 3.36. The number of imidazole rings is 1.